The van der Waals surface area contributed by atoms with E-state index in [2.05, 4.69) is 5.32 Å². The van der Waals surface area contributed by atoms with Crippen molar-refractivity contribution in [3.05, 3.63) is 94.3 Å². The van der Waals surface area contributed by atoms with Crippen LogP contribution >= 0.6 is 11.6 Å². The van der Waals surface area contributed by atoms with Crippen LogP contribution in [0.15, 0.2) is 66.7 Å². The highest BCUT2D eigenvalue weighted by Gasteiger charge is 2.28. The summed E-state index contributed by atoms with van der Waals surface area (Å²) in [6.45, 7) is 2.32. The summed E-state index contributed by atoms with van der Waals surface area (Å²) in [6.07, 6.45) is -0.662. The van der Waals surface area contributed by atoms with Crippen molar-refractivity contribution in [3.8, 4) is 5.75 Å². The normalized spacial score (nSPS) is 15.6. The van der Waals surface area contributed by atoms with Crippen molar-refractivity contribution in [1.82, 2.24) is 4.90 Å². The second-order valence-electron chi connectivity index (χ2n) is 7.34. The summed E-state index contributed by atoms with van der Waals surface area (Å²) in [5.74, 6) is -0.236. The van der Waals surface area contributed by atoms with E-state index < -0.39 is 6.10 Å². The quantitative estimate of drug-likeness (QED) is 0.620. The van der Waals surface area contributed by atoms with Crippen molar-refractivity contribution in [2.24, 2.45) is 0 Å². The zero-order valence-corrected chi connectivity index (χ0v) is 17.5. The molecule has 158 valence electrons. The minimum absolute atomic E-state index is 0.165. The van der Waals surface area contributed by atoms with Gasteiger partial charge in [0.1, 0.15) is 11.6 Å². The number of rotatable bonds is 4. The predicted molar refractivity (Wildman–Crippen MR) is 117 cm³/mol. The van der Waals surface area contributed by atoms with E-state index in [9.17, 15) is 14.0 Å². The van der Waals surface area contributed by atoms with E-state index >= 15 is 0 Å². The topological polar surface area (TPSA) is 58.6 Å². The Morgan fingerprint density at radius 2 is 1.90 bits per heavy atom. The third-order valence-corrected chi connectivity index (χ3v) is 5.38. The first-order valence-electron chi connectivity index (χ1n) is 9.79. The Balaban J connectivity index is 1.57. The monoisotopic (exact) mass is 438 g/mol. The molecule has 7 heteroatoms. The highest BCUT2D eigenvalue weighted by atomic mass is 35.5. The van der Waals surface area contributed by atoms with Crippen molar-refractivity contribution in [3.63, 3.8) is 0 Å². The van der Waals surface area contributed by atoms with Crippen LogP contribution in [0.5, 0.6) is 5.75 Å². The van der Waals surface area contributed by atoms with Crippen LogP contribution in [0.4, 0.5) is 10.1 Å². The van der Waals surface area contributed by atoms with Gasteiger partial charge in [0.05, 0.1) is 10.6 Å². The second-order valence-corrected chi connectivity index (χ2v) is 7.74. The van der Waals surface area contributed by atoms with Crippen LogP contribution in [0.25, 0.3) is 0 Å². The fourth-order valence-corrected chi connectivity index (χ4v) is 3.69. The zero-order valence-electron chi connectivity index (χ0n) is 16.8. The zero-order chi connectivity index (χ0) is 22.0. The van der Waals surface area contributed by atoms with Gasteiger partial charge in [0.25, 0.3) is 11.8 Å². The van der Waals surface area contributed by atoms with E-state index in [4.69, 9.17) is 16.3 Å². The average Bonchev–Trinajstić information content (AvgIpc) is 2.86. The number of benzene rings is 3. The maximum Gasteiger partial charge on any atom is 0.263 e. The van der Waals surface area contributed by atoms with Crippen LogP contribution in [-0.2, 0) is 17.9 Å². The maximum atomic E-state index is 13.2. The fourth-order valence-electron chi connectivity index (χ4n) is 3.47. The summed E-state index contributed by atoms with van der Waals surface area (Å²) >= 11 is 6.11. The molecule has 5 nitrogen and oxygen atoms in total. The van der Waals surface area contributed by atoms with Gasteiger partial charge in [-0.05, 0) is 55.0 Å². The molecule has 0 saturated carbocycles. The first-order valence-corrected chi connectivity index (χ1v) is 10.2. The van der Waals surface area contributed by atoms with Crippen LogP contribution in [0, 0.1) is 5.82 Å². The van der Waals surface area contributed by atoms with Crippen LogP contribution in [0.1, 0.15) is 28.4 Å². The maximum absolute atomic E-state index is 13.2. The molecule has 0 aromatic heterocycles. The number of carbonyl (C=O) groups excluding carboxylic acids is 2. The van der Waals surface area contributed by atoms with E-state index in [0.717, 1.165) is 11.1 Å². The number of nitrogens with zero attached hydrogens (tertiary/aromatic N) is 1. The summed E-state index contributed by atoms with van der Waals surface area (Å²) in [5, 5.41) is 3.20. The number of hydrogen-bond donors (Lipinski definition) is 1. The number of anilines is 1. The highest BCUT2D eigenvalue weighted by Crippen LogP contribution is 2.30. The summed E-state index contributed by atoms with van der Waals surface area (Å²) in [5.41, 5.74) is 2.51. The standard InChI is InChI=1S/C24H20ClFN2O3/c1-15-24(30)28(13-16-6-8-18(26)9-7-16)14-17-12-19(10-11-22(17)31-15)27-23(29)20-4-2-3-5-21(20)25/h2-12,15H,13-14H2,1H3,(H,27,29)/t15-/m0/s1. The van der Waals surface area contributed by atoms with Gasteiger partial charge < -0.3 is 15.0 Å². The molecule has 0 aliphatic carbocycles. The molecule has 3 aromatic carbocycles. The average molecular weight is 439 g/mol. The van der Waals surface area contributed by atoms with Gasteiger partial charge in [-0.1, -0.05) is 35.9 Å². The fraction of sp³-hybridized carbons (Fsp3) is 0.167. The number of halogens is 2. The number of ether oxygens (including phenoxy) is 1. The third kappa shape index (κ3) is 4.70. The van der Waals surface area contributed by atoms with E-state index in [-0.39, 0.29) is 17.6 Å². The Kier molecular flexibility index (Phi) is 5.91. The molecule has 0 bridgehead atoms. The molecule has 1 heterocycles. The molecule has 1 N–H and O–H groups in total. The minimum Gasteiger partial charge on any atom is -0.481 e. The molecule has 3 aromatic rings. The molecule has 2 amide bonds. The lowest BCUT2D eigenvalue weighted by Crippen LogP contribution is -2.37. The number of fused-ring (bicyclic) bond motifs is 1. The van der Waals surface area contributed by atoms with E-state index in [1.807, 2.05) is 0 Å². The number of carbonyl (C=O) groups is 2. The number of nitrogens with one attached hydrogen (secondary N) is 1. The summed E-state index contributed by atoms with van der Waals surface area (Å²) in [6, 6.07) is 18.1. The Labute approximate surface area is 184 Å². The first-order chi connectivity index (χ1) is 14.9. The molecule has 1 aliphatic heterocycles. The lowest BCUT2D eigenvalue weighted by atomic mass is 10.1. The Morgan fingerprint density at radius 1 is 1.16 bits per heavy atom. The lowest BCUT2D eigenvalue weighted by molar-refractivity contribution is -0.138. The van der Waals surface area contributed by atoms with E-state index in [1.165, 1.54) is 12.1 Å². The Hall–Kier alpha value is -3.38. The van der Waals surface area contributed by atoms with Gasteiger partial charge in [-0.15, -0.1) is 0 Å². The molecular formula is C24H20ClFN2O3. The van der Waals surface area contributed by atoms with Crippen LogP contribution in [-0.4, -0.2) is 22.8 Å². The lowest BCUT2D eigenvalue weighted by Gasteiger charge is -2.22. The van der Waals surface area contributed by atoms with Crippen molar-refractivity contribution >= 4 is 29.1 Å². The molecular weight excluding hydrogens is 419 g/mol. The van der Waals surface area contributed by atoms with Crippen LogP contribution in [0.3, 0.4) is 0 Å². The summed E-state index contributed by atoms with van der Waals surface area (Å²) in [7, 11) is 0. The minimum atomic E-state index is -0.662. The van der Waals surface area contributed by atoms with Gasteiger partial charge >= 0.3 is 0 Å². The van der Waals surface area contributed by atoms with Gasteiger partial charge in [-0.2, -0.15) is 0 Å². The second kappa shape index (κ2) is 8.78. The molecule has 1 atom stereocenters. The van der Waals surface area contributed by atoms with Crippen molar-refractivity contribution in [2.45, 2.75) is 26.1 Å². The largest absolute Gasteiger partial charge is 0.481 e. The summed E-state index contributed by atoms with van der Waals surface area (Å²) < 4.78 is 19.1. The third-order valence-electron chi connectivity index (χ3n) is 5.05. The Bertz CT molecular complexity index is 1130. The molecule has 0 unspecified atom stereocenters. The smallest absolute Gasteiger partial charge is 0.263 e. The molecule has 31 heavy (non-hydrogen) atoms. The molecule has 0 spiro atoms. The molecule has 0 fully saturated rings. The number of amides is 2. The predicted octanol–water partition coefficient (Wildman–Crippen LogP) is 5.04. The van der Waals surface area contributed by atoms with Gasteiger partial charge in [-0.3, -0.25) is 9.59 Å². The van der Waals surface area contributed by atoms with E-state index in [0.29, 0.717) is 35.1 Å². The molecule has 4 rings (SSSR count). The van der Waals surface area contributed by atoms with E-state index in [1.54, 1.807) is 66.4 Å². The van der Waals surface area contributed by atoms with Crippen molar-refractivity contribution in [2.75, 3.05) is 5.32 Å². The SMILES string of the molecule is C[C@@H]1Oc2ccc(NC(=O)c3ccccc3Cl)cc2CN(Cc2ccc(F)cc2)C1=O. The van der Waals surface area contributed by atoms with Crippen molar-refractivity contribution < 1.29 is 18.7 Å². The highest BCUT2D eigenvalue weighted by molar-refractivity contribution is 6.34. The van der Waals surface area contributed by atoms with Gasteiger partial charge in [0.2, 0.25) is 0 Å². The van der Waals surface area contributed by atoms with Gasteiger partial charge in [-0.25, -0.2) is 4.39 Å². The van der Waals surface area contributed by atoms with Crippen LogP contribution < -0.4 is 10.1 Å². The van der Waals surface area contributed by atoms with Crippen LogP contribution in [0.2, 0.25) is 5.02 Å². The Morgan fingerprint density at radius 3 is 2.65 bits per heavy atom. The molecule has 1 aliphatic rings. The van der Waals surface area contributed by atoms with Gasteiger partial charge in [0.15, 0.2) is 6.10 Å². The number of hydrogen-bond acceptors (Lipinski definition) is 3. The van der Waals surface area contributed by atoms with Crippen molar-refractivity contribution in [1.29, 1.82) is 0 Å². The molecule has 0 saturated heterocycles. The van der Waals surface area contributed by atoms with Gasteiger partial charge in [0, 0.05) is 24.3 Å². The first kappa shape index (κ1) is 20.9. The molecule has 0 radical (unpaired) electrons. The summed E-state index contributed by atoms with van der Waals surface area (Å²) in [4.78, 5) is 27.1.